The number of rotatable bonds is 4. The van der Waals surface area contributed by atoms with Gasteiger partial charge in [-0.15, -0.1) is 0 Å². The van der Waals surface area contributed by atoms with E-state index in [0.717, 1.165) is 16.5 Å². The summed E-state index contributed by atoms with van der Waals surface area (Å²) >= 11 is 0. The van der Waals surface area contributed by atoms with Crippen LogP contribution in [-0.4, -0.2) is 16.0 Å². The predicted molar refractivity (Wildman–Crippen MR) is 78.4 cm³/mol. The van der Waals surface area contributed by atoms with Crippen LogP contribution < -0.4 is 0 Å². The highest BCUT2D eigenvalue weighted by Crippen LogP contribution is 2.25. The SMILES string of the molecule is O=[N+]([O-])CC(c1ccccc1)n1ccc2ccccc21. The van der Waals surface area contributed by atoms with Crippen molar-refractivity contribution >= 4 is 10.9 Å². The Morgan fingerprint density at radius 1 is 1.00 bits per heavy atom. The Kier molecular flexibility index (Phi) is 3.21. The quantitative estimate of drug-likeness (QED) is 0.536. The average molecular weight is 266 g/mol. The van der Waals surface area contributed by atoms with Gasteiger partial charge in [0, 0.05) is 16.6 Å². The van der Waals surface area contributed by atoms with Crippen LogP contribution >= 0.6 is 0 Å². The number of aromatic nitrogens is 1. The largest absolute Gasteiger partial charge is 0.333 e. The first-order valence-corrected chi connectivity index (χ1v) is 6.48. The molecule has 0 aliphatic rings. The molecule has 0 saturated carbocycles. The van der Waals surface area contributed by atoms with Crippen LogP contribution in [0.2, 0.25) is 0 Å². The number of fused-ring (bicyclic) bond motifs is 1. The van der Waals surface area contributed by atoms with E-state index in [2.05, 4.69) is 0 Å². The van der Waals surface area contributed by atoms with Crippen molar-refractivity contribution in [3.05, 3.63) is 82.5 Å². The van der Waals surface area contributed by atoms with Gasteiger partial charge < -0.3 is 4.57 Å². The Bertz CT molecular complexity index is 734. The molecule has 0 N–H and O–H groups in total. The number of nitro groups is 1. The minimum Gasteiger partial charge on any atom is -0.333 e. The fourth-order valence-electron chi connectivity index (χ4n) is 2.55. The molecule has 4 heteroatoms. The van der Waals surface area contributed by atoms with Crippen molar-refractivity contribution in [3.63, 3.8) is 0 Å². The predicted octanol–water partition coefficient (Wildman–Crippen LogP) is 3.51. The molecule has 1 aromatic heterocycles. The monoisotopic (exact) mass is 266 g/mol. The third-order valence-corrected chi connectivity index (χ3v) is 3.47. The second-order valence-electron chi connectivity index (χ2n) is 4.72. The second kappa shape index (κ2) is 5.17. The number of benzene rings is 2. The first kappa shape index (κ1) is 12.4. The Morgan fingerprint density at radius 3 is 2.45 bits per heavy atom. The van der Waals surface area contributed by atoms with Gasteiger partial charge in [0.05, 0.1) is 0 Å². The lowest BCUT2D eigenvalue weighted by Crippen LogP contribution is -2.19. The van der Waals surface area contributed by atoms with Crippen LogP contribution in [0.3, 0.4) is 0 Å². The third-order valence-electron chi connectivity index (χ3n) is 3.47. The topological polar surface area (TPSA) is 48.1 Å². The highest BCUT2D eigenvalue weighted by Gasteiger charge is 2.20. The zero-order chi connectivity index (χ0) is 13.9. The summed E-state index contributed by atoms with van der Waals surface area (Å²) in [5.74, 6) is 0. The Labute approximate surface area is 116 Å². The van der Waals surface area contributed by atoms with Crippen LogP contribution in [0.15, 0.2) is 66.9 Å². The van der Waals surface area contributed by atoms with E-state index in [1.165, 1.54) is 0 Å². The Balaban J connectivity index is 2.12. The zero-order valence-electron chi connectivity index (χ0n) is 10.8. The summed E-state index contributed by atoms with van der Waals surface area (Å²) in [6.07, 6.45) is 1.92. The van der Waals surface area contributed by atoms with E-state index in [1.54, 1.807) is 0 Å². The van der Waals surface area contributed by atoms with Crippen molar-refractivity contribution < 1.29 is 4.92 Å². The fourth-order valence-corrected chi connectivity index (χ4v) is 2.55. The van der Waals surface area contributed by atoms with Gasteiger partial charge in [0.25, 0.3) is 0 Å². The number of hydrogen-bond acceptors (Lipinski definition) is 2. The number of hydrogen-bond donors (Lipinski definition) is 0. The molecular formula is C16H14N2O2. The summed E-state index contributed by atoms with van der Waals surface area (Å²) in [7, 11) is 0. The normalized spacial score (nSPS) is 12.4. The molecule has 0 saturated heterocycles. The van der Waals surface area contributed by atoms with Gasteiger partial charge in [0.2, 0.25) is 6.54 Å². The van der Waals surface area contributed by atoms with Crippen LogP contribution in [0.25, 0.3) is 10.9 Å². The van der Waals surface area contributed by atoms with E-state index >= 15 is 0 Å². The molecule has 4 nitrogen and oxygen atoms in total. The van der Waals surface area contributed by atoms with E-state index in [0.29, 0.717) is 0 Å². The van der Waals surface area contributed by atoms with Gasteiger partial charge in [-0.25, -0.2) is 0 Å². The molecule has 1 heterocycles. The lowest BCUT2D eigenvalue weighted by Gasteiger charge is -2.16. The van der Waals surface area contributed by atoms with E-state index in [9.17, 15) is 10.1 Å². The maximum absolute atomic E-state index is 11.0. The molecule has 3 aromatic rings. The molecule has 3 rings (SSSR count). The van der Waals surface area contributed by atoms with E-state index in [4.69, 9.17) is 0 Å². The van der Waals surface area contributed by atoms with Crippen molar-refractivity contribution in [2.24, 2.45) is 0 Å². The molecule has 0 radical (unpaired) electrons. The summed E-state index contributed by atoms with van der Waals surface area (Å²) in [4.78, 5) is 10.7. The van der Waals surface area contributed by atoms with Crippen LogP contribution in [0, 0.1) is 10.1 Å². The van der Waals surface area contributed by atoms with Gasteiger partial charge in [-0.05, 0) is 23.1 Å². The molecule has 0 aliphatic heterocycles. The van der Waals surface area contributed by atoms with Gasteiger partial charge >= 0.3 is 0 Å². The molecule has 20 heavy (non-hydrogen) atoms. The standard InChI is InChI=1S/C16H14N2O2/c19-18(20)12-16(13-6-2-1-3-7-13)17-11-10-14-8-4-5-9-15(14)17/h1-11,16H,12H2. The van der Waals surface area contributed by atoms with Crippen molar-refractivity contribution in [1.29, 1.82) is 0 Å². The van der Waals surface area contributed by atoms with Gasteiger partial charge in [0.1, 0.15) is 6.04 Å². The first-order valence-electron chi connectivity index (χ1n) is 6.48. The minimum atomic E-state index is -0.286. The molecule has 0 aliphatic carbocycles. The average Bonchev–Trinajstić information content (AvgIpc) is 2.89. The maximum atomic E-state index is 11.0. The molecule has 1 atom stereocenters. The van der Waals surface area contributed by atoms with Crippen LogP contribution in [0.5, 0.6) is 0 Å². The maximum Gasteiger partial charge on any atom is 0.228 e. The van der Waals surface area contributed by atoms with Crippen molar-refractivity contribution in [3.8, 4) is 0 Å². The zero-order valence-corrected chi connectivity index (χ0v) is 10.8. The minimum absolute atomic E-state index is 0.122. The highest BCUT2D eigenvalue weighted by atomic mass is 16.6. The van der Waals surface area contributed by atoms with Gasteiger partial charge in [-0.3, -0.25) is 10.1 Å². The molecule has 0 spiro atoms. The molecule has 0 fully saturated rings. The summed E-state index contributed by atoms with van der Waals surface area (Å²) in [6, 6.07) is 19.2. The summed E-state index contributed by atoms with van der Waals surface area (Å²) in [5, 5.41) is 12.1. The van der Waals surface area contributed by atoms with E-state index in [1.807, 2.05) is 71.4 Å². The van der Waals surface area contributed by atoms with Gasteiger partial charge in [-0.2, -0.15) is 0 Å². The lowest BCUT2D eigenvalue weighted by molar-refractivity contribution is -0.484. The van der Waals surface area contributed by atoms with Gasteiger partial charge in [0.15, 0.2) is 0 Å². The first-order chi connectivity index (χ1) is 9.75. The van der Waals surface area contributed by atoms with Crippen molar-refractivity contribution in [2.75, 3.05) is 6.54 Å². The Hall–Kier alpha value is -2.62. The van der Waals surface area contributed by atoms with Crippen molar-refractivity contribution in [1.82, 2.24) is 4.57 Å². The van der Waals surface area contributed by atoms with Crippen molar-refractivity contribution in [2.45, 2.75) is 6.04 Å². The molecule has 100 valence electrons. The molecular weight excluding hydrogens is 252 g/mol. The second-order valence-corrected chi connectivity index (χ2v) is 4.72. The summed E-state index contributed by atoms with van der Waals surface area (Å²) < 4.78 is 1.98. The third kappa shape index (κ3) is 2.28. The lowest BCUT2D eigenvalue weighted by atomic mass is 10.1. The fraction of sp³-hybridized carbons (Fsp3) is 0.125. The van der Waals surface area contributed by atoms with Crippen LogP contribution in [0.4, 0.5) is 0 Å². The molecule has 0 amide bonds. The number of nitrogens with zero attached hydrogens (tertiary/aromatic N) is 2. The van der Waals surface area contributed by atoms with E-state index in [-0.39, 0.29) is 17.5 Å². The highest BCUT2D eigenvalue weighted by molar-refractivity contribution is 5.80. The smallest absolute Gasteiger partial charge is 0.228 e. The van der Waals surface area contributed by atoms with Gasteiger partial charge in [-0.1, -0.05) is 48.5 Å². The molecule has 2 aromatic carbocycles. The number of para-hydroxylation sites is 1. The molecule has 1 unspecified atom stereocenters. The summed E-state index contributed by atoms with van der Waals surface area (Å²) in [5.41, 5.74) is 1.97. The van der Waals surface area contributed by atoms with E-state index < -0.39 is 0 Å². The van der Waals surface area contributed by atoms with Crippen LogP contribution in [-0.2, 0) is 0 Å². The summed E-state index contributed by atoms with van der Waals surface area (Å²) in [6.45, 7) is -0.122. The van der Waals surface area contributed by atoms with Crippen LogP contribution in [0.1, 0.15) is 11.6 Å². The molecule has 0 bridgehead atoms. The Morgan fingerprint density at radius 2 is 1.70 bits per heavy atom.